The van der Waals surface area contributed by atoms with Crippen LogP contribution in [0.3, 0.4) is 0 Å². The van der Waals surface area contributed by atoms with E-state index in [0.29, 0.717) is 32.8 Å². The van der Waals surface area contributed by atoms with E-state index in [0.717, 1.165) is 12.8 Å². The van der Waals surface area contributed by atoms with E-state index in [1.165, 1.54) is 4.88 Å². The Bertz CT molecular complexity index is 490. The lowest BCUT2D eigenvalue weighted by Gasteiger charge is -2.34. The predicted octanol–water partition coefficient (Wildman–Crippen LogP) is 2.97. The van der Waals surface area contributed by atoms with E-state index >= 15 is 0 Å². The van der Waals surface area contributed by atoms with E-state index in [-0.39, 0.29) is 17.9 Å². The van der Waals surface area contributed by atoms with Crippen molar-refractivity contribution in [3.63, 3.8) is 0 Å². The second-order valence-corrected chi connectivity index (χ2v) is 6.45. The number of hydrogen-bond acceptors (Lipinski definition) is 4. The van der Waals surface area contributed by atoms with Gasteiger partial charge < -0.3 is 14.5 Å². The maximum absolute atomic E-state index is 12.7. The van der Waals surface area contributed by atoms with Gasteiger partial charge in [-0.05, 0) is 38.1 Å². The molecule has 1 aromatic rings. The van der Waals surface area contributed by atoms with Gasteiger partial charge in [-0.1, -0.05) is 6.07 Å². The van der Waals surface area contributed by atoms with Crippen molar-refractivity contribution in [1.29, 1.82) is 0 Å². The minimum atomic E-state index is -0.304. The summed E-state index contributed by atoms with van der Waals surface area (Å²) in [5.41, 5.74) is 0. The van der Waals surface area contributed by atoms with Crippen LogP contribution in [-0.4, -0.2) is 48.0 Å². The van der Waals surface area contributed by atoms with Gasteiger partial charge in [0.05, 0.1) is 19.1 Å². The van der Waals surface area contributed by atoms with Crippen molar-refractivity contribution in [2.45, 2.75) is 33.2 Å². The number of nitrogens with zero attached hydrogens (tertiary/aromatic N) is 2. The lowest BCUT2D eigenvalue weighted by atomic mass is 9.96. The third kappa shape index (κ3) is 4.22. The van der Waals surface area contributed by atoms with Gasteiger partial charge in [-0.25, -0.2) is 4.79 Å². The van der Waals surface area contributed by atoms with Crippen LogP contribution >= 0.6 is 11.3 Å². The first kappa shape index (κ1) is 16.8. The van der Waals surface area contributed by atoms with E-state index in [2.05, 4.69) is 0 Å². The summed E-state index contributed by atoms with van der Waals surface area (Å²) in [6.07, 6.45) is 1.39. The van der Waals surface area contributed by atoms with E-state index in [1.807, 2.05) is 29.3 Å². The monoisotopic (exact) mass is 324 g/mol. The molecule has 0 bridgehead atoms. The Hall–Kier alpha value is -1.56. The summed E-state index contributed by atoms with van der Waals surface area (Å²) in [5.74, 6) is 0.0305. The molecule has 5 nitrogen and oxygen atoms in total. The maximum atomic E-state index is 12.7. The second kappa shape index (κ2) is 8.17. The number of carbonyl (C=O) groups is 2. The van der Waals surface area contributed by atoms with Crippen LogP contribution in [0.25, 0.3) is 0 Å². The SMILES string of the molecule is CCOC(=O)N1CCCC(C(=O)N(CC)Cc2cccs2)C1. The normalized spacial score (nSPS) is 18.1. The number of piperidine rings is 1. The molecule has 0 radical (unpaired) electrons. The molecular formula is C16H24N2O3S. The molecule has 1 aromatic heterocycles. The van der Waals surface area contributed by atoms with Crippen molar-refractivity contribution >= 4 is 23.3 Å². The summed E-state index contributed by atoms with van der Waals surface area (Å²) in [6, 6.07) is 4.05. The molecule has 2 heterocycles. The molecule has 0 N–H and O–H groups in total. The van der Waals surface area contributed by atoms with Crippen molar-refractivity contribution in [2.75, 3.05) is 26.2 Å². The lowest BCUT2D eigenvalue weighted by molar-refractivity contribution is -0.137. The molecular weight excluding hydrogens is 300 g/mol. The molecule has 2 amide bonds. The van der Waals surface area contributed by atoms with Gasteiger partial charge in [-0.2, -0.15) is 0 Å². The molecule has 1 unspecified atom stereocenters. The van der Waals surface area contributed by atoms with Crippen LogP contribution in [0.15, 0.2) is 17.5 Å². The Morgan fingerprint density at radius 1 is 1.45 bits per heavy atom. The molecule has 22 heavy (non-hydrogen) atoms. The number of carbonyl (C=O) groups excluding carboxylic acids is 2. The summed E-state index contributed by atoms with van der Waals surface area (Å²) >= 11 is 1.66. The molecule has 0 aromatic carbocycles. The summed E-state index contributed by atoms with van der Waals surface area (Å²) < 4.78 is 5.05. The van der Waals surface area contributed by atoms with Crippen molar-refractivity contribution in [3.8, 4) is 0 Å². The van der Waals surface area contributed by atoms with Gasteiger partial charge in [0.2, 0.25) is 5.91 Å². The van der Waals surface area contributed by atoms with Crippen LogP contribution in [-0.2, 0) is 16.1 Å². The van der Waals surface area contributed by atoms with Gasteiger partial charge in [0.25, 0.3) is 0 Å². The smallest absolute Gasteiger partial charge is 0.409 e. The fourth-order valence-corrected chi connectivity index (χ4v) is 3.47. The van der Waals surface area contributed by atoms with Gasteiger partial charge in [0, 0.05) is 24.5 Å². The van der Waals surface area contributed by atoms with E-state index < -0.39 is 0 Å². The molecule has 0 saturated carbocycles. The lowest BCUT2D eigenvalue weighted by Crippen LogP contribution is -2.46. The topological polar surface area (TPSA) is 49.9 Å². The number of thiophene rings is 1. The Kier molecular flexibility index (Phi) is 6.24. The zero-order valence-corrected chi connectivity index (χ0v) is 14.1. The second-order valence-electron chi connectivity index (χ2n) is 5.42. The number of rotatable bonds is 5. The highest BCUT2D eigenvalue weighted by Gasteiger charge is 2.31. The Labute approximate surface area is 135 Å². The van der Waals surface area contributed by atoms with Gasteiger partial charge >= 0.3 is 6.09 Å². The molecule has 0 spiro atoms. The highest BCUT2D eigenvalue weighted by atomic mass is 32.1. The minimum absolute atomic E-state index is 0.113. The van der Waals surface area contributed by atoms with Gasteiger partial charge in [0.15, 0.2) is 0 Å². The van der Waals surface area contributed by atoms with Crippen molar-refractivity contribution < 1.29 is 14.3 Å². The molecule has 1 atom stereocenters. The van der Waals surface area contributed by atoms with E-state index in [9.17, 15) is 9.59 Å². The largest absolute Gasteiger partial charge is 0.450 e. The average molecular weight is 324 g/mol. The summed E-state index contributed by atoms with van der Waals surface area (Å²) in [4.78, 5) is 29.3. The van der Waals surface area contributed by atoms with Crippen molar-refractivity contribution in [1.82, 2.24) is 9.80 Å². The van der Waals surface area contributed by atoms with Crippen LogP contribution in [0.5, 0.6) is 0 Å². The number of hydrogen-bond donors (Lipinski definition) is 0. The predicted molar refractivity (Wildman–Crippen MR) is 86.7 cm³/mol. The minimum Gasteiger partial charge on any atom is -0.450 e. The van der Waals surface area contributed by atoms with Gasteiger partial charge in [0.1, 0.15) is 0 Å². The first-order valence-corrected chi connectivity index (χ1v) is 8.76. The first-order chi connectivity index (χ1) is 10.7. The molecule has 1 aliphatic heterocycles. The van der Waals surface area contributed by atoms with Crippen LogP contribution in [0.4, 0.5) is 4.79 Å². The molecule has 1 fully saturated rings. The van der Waals surface area contributed by atoms with Crippen LogP contribution < -0.4 is 0 Å². The van der Waals surface area contributed by atoms with Crippen LogP contribution in [0.1, 0.15) is 31.6 Å². The third-order valence-electron chi connectivity index (χ3n) is 3.92. The third-order valence-corrected chi connectivity index (χ3v) is 4.78. The van der Waals surface area contributed by atoms with Crippen molar-refractivity contribution in [2.24, 2.45) is 5.92 Å². The van der Waals surface area contributed by atoms with Gasteiger partial charge in [-0.15, -0.1) is 11.3 Å². The highest BCUT2D eigenvalue weighted by Crippen LogP contribution is 2.21. The molecule has 1 aliphatic rings. The van der Waals surface area contributed by atoms with E-state index in [1.54, 1.807) is 23.2 Å². The number of amides is 2. The number of ether oxygens (including phenoxy) is 1. The fourth-order valence-electron chi connectivity index (χ4n) is 2.75. The zero-order chi connectivity index (χ0) is 15.9. The van der Waals surface area contributed by atoms with E-state index in [4.69, 9.17) is 4.74 Å². The molecule has 1 saturated heterocycles. The summed E-state index contributed by atoms with van der Waals surface area (Å²) in [7, 11) is 0. The van der Waals surface area contributed by atoms with Gasteiger partial charge in [-0.3, -0.25) is 4.79 Å². The van der Waals surface area contributed by atoms with Crippen LogP contribution in [0, 0.1) is 5.92 Å². The zero-order valence-electron chi connectivity index (χ0n) is 13.3. The standard InChI is InChI=1S/C16H24N2O3S/c1-3-17(12-14-8-6-10-22-14)15(19)13-7-5-9-18(11-13)16(20)21-4-2/h6,8,10,13H,3-5,7,9,11-12H2,1-2H3. The average Bonchev–Trinajstić information content (AvgIpc) is 3.05. The maximum Gasteiger partial charge on any atom is 0.409 e. The Morgan fingerprint density at radius 3 is 2.91 bits per heavy atom. The number of likely N-dealkylation sites (tertiary alicyclic amines) is 1. The first-order valence-electron chi connectivity index (χ1n) is 7.88. The molecule has 122 valence electrons. The quantitative estimate of drug-likeness (QED) is 0.836. The molecule has 0 aliphatic carbocycles. The summed E-state index contributed by atoms with van der Waals surface area (Å²) in [6.45, 7) is 6.66. The fraction of sp³-hybridized carbons (Fsp3) is 0.625. The van der Waals surface area contributed by atoms with Crippen molar-refractivity contribution in [3.05, 3.63) is 22.4 Å². The summed E-state index contributed by atoms with van der Waals surface area (Å²) in [5, 5.41) is 2.02. The molecule has 6 heteroatoms. The highest BCUT2D eigenvalue weighted by molar-refractivity contribution is 7.09. The molecule has 2 rings (SSSR count). The van der Waals surface area contributed by atoms with Crippen LogP contribution in [0.2, 0.25) is 0 Å². The Balaban J connectivity index is 1.96. The Morgan fingerprint density at radius 2 is 2.27 bits per heavy atom.